The SMILES string of the molecule is CC1(C)C(N)CCN1CCC1CC1. The van der Waals surface area contributed by atoms with Gasteiger partial charge >= 0.3 is 0 Å². The quantitative estimate of drug-likeness (QED) is 0.718. The Morgan fingerprint density at radius 3 is 2.46 bits per heavy atom. The van der Waals surface area contributed by atoms with Crippen LogP contribution in [0.15, 0.2) is 0 Å². The van der Waals surface area contributed by atoms with Crippen LogP contribution in [0.2, 0.25) is 0 Å². The first-order valence-corrected chi connectivity index (χ1v) is 5.61. The number of nitrogens with two attached hydrogens (primary N) is 1. The Labute approximate surface area is 81.5 Å². The second-order valence-electron chi connectivity index (χ2n) is 5.27. The molecule has 0 aromatic carbocycles. The van der Waals surface area contributed by atoms with Crippen molar-refractivity contribution < 1.29 is 0 Å². The fourth-order valence-corrected chi connectivity index (χ4v) is 2.32. The highest BCUT2D eigenvalue weighted by atomic mass is 15.2. The minimum atomic E-state index is 0.245. The highest BCUT2D eigenvalue weighted by molar-refractivity contribution is 4.98. The van der Waals surface area contributed by atoms with Crippen LogP contribution in [0.3, 0.4) is 0 Å². The highest BCUT2D eigenvalue weighted by Gasteiger charge is 2.39. The summed E-state index contributed by atoms with van der Waals surface area (Å²) in [7, 11) is 0. The second-order valence-corrected chi connectivity index (χ2v) is 5.27. The van der Waals surface area contributed by atoms with Crippen LogP contribution in [0.25, 0.3) is 0 Å². The average molecular weight is 182 g/mol. The molecule has 1 aliphatic heterocycles. The van der Waals surface area contributed by atoms with Crippen molar-refractivity contribution in [2.45, 2.75) is 51.1 Å². The van der Waals surface area contributed by atoms with Gasteiger partial charge in [-0.05, 0) is 39.2 Å². The van der Waals surface area contributed by atoms with Crippen molar-refractivity contribution in [1.82, 2.24) is 4.90 Å². The fourth-order valence-electron chi connectivity index (χ4n) is 2.32. The van der Waals surface area contributed by atoms with E-state index in [4.69, 9.17) is 5.73 Å². The molecule has 0 radical (unpaired) electrons. The Kier molecular flexibility index (Phi) is 2.37. The lowest BCUT2D eigenvalue weighted by molar-refractivity contribution is 0.158. The lowest BCUT2D eigenvalue weighted by atomic mass is 9.96. The lowest BCUT2D eigenvalue weighted by Crippen LogP contribution is -2.48. The Morgan fingerprint density at radius 1 is 1.31 bits per heavy atom. The van der Waals surface area contributed by atoms with E-state index in [9.17, 15) is 0 Å². The molecule has 0 aromatic heterocycles. The van der Waals surface area contributed by atoms with Crippen molar-refractivity contribution in [3.63, 3.8) is 0 Å². The molecule has 0 spiro atoms. The van der Waals surface area contributed by atoms with Crippen molar-refractivity contribution in [3.8, 4) is 0 Å². The fraction of sp³-hybridized carbons (Fsp3) is 1.00. The summed E-state index contributed by atoms with van der Waals surface area (Å²) < 4.78 is 0. The van der Waals surface area contributed by atoms with Crippen LogP contribution in [0.4, 0.5) is 0 Å². The molecule has 1 aliphatic carbocycles. The van der Waals surface area contributed by atoms with E-state index in [-0.39, 0.29) is 5.54 Å². The largest absolute Gasteiger partial charge is 0.326 e. The van der Waals surface area contributed by atoms with Gasteiger partial charge in [-0.3, -0.25) is 4.90 Å². The van der Waals surface area contributed by atoms with Gasteiger partial charge in [0.05, 0.1) is 0 Å². The minimum absolute atomic E-state index is 0.245. The van der Waals surface area contributed by atoms with Gasteiger partial charge in [0, 0.05) is 18.1 Å². The van der Waals surface area contributed by atoms with Crippen LogP contribution in [0.1, 0.15) is 39.5 Å². The molecular weight excluding hydrogens is 160 g/mol. The van der Waals surface area contributed by atoms with Crippen molar-refractivity contribution in [1.29, 1.82) is 0 Å². The molecule has 1 saturated carbocycles. The van der Waals surface area contributed by atoms with Gasteiger partial charge in [-0.1, -0.05) is 12.8 Å². The molecule has 1 heterocycles. The molecule has 1 saturated heterocycles. The Bertz CT molecular complexity index is 185. The normalized spacial score (nSPS) is 33.9. The predicted octanol–water partition coefficient (Wildman–Crippen LogP) is 1.60. The molecular formula is C11H22N2. The molecule has 1 unspecified atom stereocenters. The van der Waals surface area contributed by atoms with Crippen LogP contribution in [0.5, 0.6) is 0 Å². The predicted molar refractivity (Wildman–Crippen MR) is 55.6 cm³/mol. The molecule has 2 rings (SSSR count). The maximum Gasteiger partial charge on any atom is 0.0304 e. The van der Waals surface area contributed by atoms with E-state index >= 15 is 0 Å². The molecule has 2 fully saturated rings. The first-order chi connectivity index (χ1) is 6.10. The highest BCUT2D eigenvalue weighted by Crippen LogP contribution is 2.35. The lowest BCUT2D eigenvalue weighted by Gasteiger charge is -2.34. The molecule has 2 heteroatoms. The molecule has 1 atom stereocenters. The van der Waals surface area contributed by atoms with Gasteiger partial charge in [0.25, 0.3) is 0 Å². The van der Waals surface area contributed by atoms with Crippen molar-refractivity contribution in [2.75, 3.05) is 13.1 Å². The zero-order valence-corrected chi connectivity index (χ0v) is 8.92. The molecule has 2 N–H and O–H groups in total. The van der Waals surface area contributed by atoms with E-state index in [0.717, 1.165) is 5.92 Å². The molecule has 13 heavy (non-hydrogen) atoms. The summed E-state index contributed by atoms with van der Waals surface area (Å²) in [6, 6.07) is 0.381. The van der Waals surface area contributed by atoms with Crippen molar-refractivity contribution >= 4 is 0 Å². The van der Waals surface area contributed by atoms with Gasteiger partial charge in [-0.2, -0.15) is 0 Å². The zero-order chi connectivity index (χ0) is 9.47. The Hall–Kier alpha value is -0.0800. The summed E-state index contributed by atoms with van der Waals surface area (Å²) >= 11 is 0. The van der Waals surface area contributed by atoms with Gasteiger partial charge in [0.1, 0.15) is 0 Å². The van der Waals surface area contributed by atoms with Crippen LogP contribution >= 0.6 is 0 Å². The Balaban J connectivity index is 1.83. The van der Waals surface area contributed by atoms with Crippen molar-refractivity contribution in [2.24, 2.45) is 11.7 Å². The maximum atomic E-state index is 6.08. The van der Waals surface area contributed by atoms with E-state index in [0.29, 0.717) is 6.04 Å². The molecule has 76 valence electrons. The monoisotopic (exact) mass is 182 g/mol. The first kappa shape index (κ1) is 9.47. The second kappa shape index (κ2) is 3.25. The first-order valence-electron chi connectivity index (χ1n) is 5.61. The number of likely N-dealkylation sites (tertiary alicyclic amines) is 1. The van der Waals surface area contributed by atoms with E-state index in [1.165, 1.54) is 38.8 Å². The van der Waals surface area contributed by atoms with E-state index < -0.39 is 0 Å². The van der Waals surface area contributed by atoms with Crippen LogP contribution in [-0.4, -0.2) is 29.6 Å². The van der Waals surface area contributed by atoms with Gasteiger partial charge in [0.15, 0.2) is 0 Å². The van der Waals surface area contributed by atoms with Gasteiger partial charge < -0.3 is 5.73 Å². The third kappa shape index (κ3) is 1.89. The zero-order valence-electron chi connectivity index (χ0n) is 8.92. The average Bonchev–Trinajstić information content (AvgIpc) is 2.83. The van der Waals surface area contributed by atoms with Crippen LogP contribution in [-0.2, 0) is 0 Å². The Morgan fingerprint density at radius 2 is 2.00 bits per heavy atom. The van der Waals surface area contributed by atoms with E-state index in [1.807, 2.05) is 0 Å². The smallest absolute Gasteiger partial charge is 0.0304 e. The minimum Gasteiger partial charge on any atom is -0.326 e. The van der Waals surface area contributed by atoms with E-state index in [2.05, 4.69) is 18.7 Å². The molecule has 2 aliphatic rings. The summed E-state index contributed by atoms with van der Waals surface area (Å²) in [6.45, 7) is 7.06. The maximum absolute atomic E-state index is 6.08. The van der Waals surface area contributed by atoms with E-state index in [1.54, 1.807) is 0 Å². The van der Waals surface area contributed by atoms with Crippen LogP contribution < -0.4 is 5.73 Å². The summed E-state index contributed by atoms with van der Waals surface area (Å²) in [4.78, 5) is 2.58. The third-order valence-electron chi connectivity index (χ3n) is 3.94. The number of nitrogens with zero attached hydrogens (tertiary/aromatic N) is 1. The number of hydrogen-bond donors (Lipinski definition) is 1. The topological polar surface area (TPSA) is 29.3 Å². The van der Waals surface area contributed by atoms with Gasteiger partial charge in [-0.15, -0.1) is 0 Å². The summed E-state index contributed by atoms with van der Waals surface area (Å²) in [5, 5.41) is 0. The molecule has 0 amide bonds. The molecule has 0 bridgehead atoms. The van der Waals surface area contributed by atoms with Crippen molar-refractivity contribution in [3.05, 3.63) is 0 Å². The summed E-state index contributed by atoms with van der Waals surface area (Å²) in [5.74, 6) is 1.05. The summed E-state index contributed by atoms with van der Waals surface area (Å²) in [5.41, 5.74) is 6.33. The molecule has 0 aromatic rings. The summed E-state index contributed by atoms with van der Waals surface area (Å²) in [6.07, 6.45) is 5.52. The van der Waals surface area contributed by atoms with Gasteiger partial charge in [0.2, 0.25) is 0 Å². The number of hydrogen-bond acceptors (Lipinski definition) is 2. The number of rotatable bonds is 3. The standard InChI is InChI=1S/C11H22N2/c1-11(2)10(12)6-8-13(11)7-5-9-3-4-9/h9-10H,3-8,12H2,1-2H3. The van der Waals surface area contributed by atoms with Crippen LogP contribution in [0, 0.1) is 5.92 Å². The third-order valence-corrected chi connectivity index (χ3v) is 3.94. The molecule has 2 nitrogen and oxygen atoms in total. The van der Waals surface area contributed by atoms with Gasteiger partial charge in [-0.25, -0.2) is 0 Å².